The van der Waals surface area contributed by atoms with Crippen molar-refractivity contribution in [3.63, 3.8) is 0 Å². The molecule has 0 fully saturated rings. The maximum Gasteiger partial charge on any atom is 0.276 e. The number of halogens is 2. The van der Waals surface area contributed by atoms with Gasteiger partial charge in [-0.1, -0.05) is 65.7 Å². The lowest BCUT2D eigenvalue weighted by Gasteiger charge is -2.13. The fourth-order valence-electron chi connectivity index (χ4n) is 3.24. The van der Waals surface area contributed by atoms with E-state index >= 15 is 0 Å². The standard InChI is InChI=1S/C25H21Cl2N3O2/c1-17-13-23(25(31)28-22-10-6-5-9-21(22)27)29-30(17)15-19-14-20(26)11-12-24(19)32-16-18-7-3-2-4-8-18/h2-14H,15-16H2,1H3,(H,28,31). The van der Waals surface area contributed by atoms with Gasteiger partial charge in [0, 0.05) is 16.3 Å². The van der Waals surface area contributed by atoms with Crippen LogP contribution in [0.2, 0.25) is 10.0 Å². The van der Waals surface area contributed by atoms with Gasteiger partial charge in [-0.25, -0.2) is 0 Å². The Morgan fingerprint density at radius 2 is 1.75 bits per heavy atom. The van der Waals surface area contributed by atoms with Crippen LogP contribution in [0.3, 0.4) is 0 Å². The fraction of sp³-hybridized carbons (Fsp3) is 0.120. The molecule has 0 saturated heterocycles. The van der Waals surface area contributed by atoms with E-state index in [9.17, 15) is 4.79 Å². The van der Waals surface area contributed by atoms with Crippen molar-refractivity contribution in [2.45, 2.75) is 20.1 Å². The molecule has 0 aliphatic heterocycles. The number of carbonyl (C=O) groups excluding carboxylic acids is 1. The van der Waals surface area contributed by atoms with Crippen LogP contribution >= 0.6 is 23.2 Å². The Hall–Kier alpha value is -3.28. The van der Waals surface area contributed by atoms with Crippen molar-refractivity contribution in [3.05, 3.63) is 111 Å². The Labute approximate surface area is 196 Å². The first-order valence-electron chi connectivity index (χ1n) is 10.0. The number of anilines is 1. The predicted octanol–water partition coefficient (Wildman–Crippen LogP) is 6.38. The molecular weight excluding hydrogens is 445 g/mol. The molecule has 4 aromatic rings. The molecule has 1 amide bonds. The van der Waals surface area contributed by atoms with Crippen LogP contribution < -0.4 is 10.1 Å². The van der Waals surface area contributed by atoms with Crippen LogP contribution in [0, 0.1) is 6.92 Å². The minimum atomic E-state index is -0.327. The van der Waals surface area contributed by atoms with Crippen molar-refractivity contribution in [3.8, 4) is 5.75 Å². The van der Waals surface area contributed by atoms with Crippen molar-refractivity contribution in [2.75, 3.05) is 5.32 Å². The first-order chi connectivity index (χ1) is 15.5. The maximum atomic E-state index is 12.7. The molecule has 32 heavy (non-hydrogen) atoms. The number of aromatic nitrogens is 2. The third-order valence-electron chi connectivity index (χ3n) is 4.92. The van der Waals surface area contributed by atoms with E-state index in [1.807, 2.05) is 55.5 Å². The van der Waals surface area contributed by atoms with E-state index in [2.05, 4.69) is 10.4 Å². The van der Waals surface area contributed by atoms with E-state index in [1.165, 1.54) is 0 Å². The zero-order valence-corrected chi connectivity index (χ0v) is 18.9. The summed E-state index contributed by atoms with van der Waals surface area (Å²) < 4.78 is 7.80. The minimum Gasteiger partial charge on any atom is -0.489 e. The Balaban J connectivity index is 1.52. The number of rotatable bonds is 7. The molecule has 0 saturated carbocycles. The van der Waals surface area contributed by atoms with Gasteiger partial charge < -0.3 is 10.1 Å². The lowest BCUT2D eigenvalue weighted by Crippen LogP contribution is -2.14. The summed E-state index contributed by atoms with van der Waals surface area (Å²) in [4.78, 5) is 12.7. The van der Waals surface area contributed by atoms with Gasteiger partial charge in [0.25, 0.3) is 5.91 Å². The summed E-state index contributed by atoms with van der Waals surface area (Å²) in [6.45, 7) is 2.75. The summed E-state index contributed by atoms with van der Waals surface area (Å²) in [5, 5.41) is 8.35. The van der Waals surface area contributed by atoms with Crippen LogP contribution in [0.4, 0.5) is 5.69 Å². The molecular formula is C25H21Cl2N3O2. The van der Waals surface area contributed by atoms with Crippen LogP contribution in [0.25, 0.3) is 0 Å². The zero-order chi connectivity index (χ0) is 22.5. The molecule has 5 nitrogen and oxygen atoms in total. The number of hydrogen-bond acceptors (Lipinski definition) is 3. The summed E-state index contributed by atoms with van der Waals surface area (Å²) in [6, 6.07) is 24.3. The quantitative estimate of drug-likeness (QED) is 0.344. The number of hydrogen-bond donors (Lipinski definition) is 1. The van der Waals surface area contributed by atoms with E-state index in [-0.39, 0.29) is 5.91 Å². The highest BCUT2D eigenvalue weighted by molar-refractivity contribution is 6.33. The van der Waals surface area contributed by atoms with Gasteiger partial charge in [-0.15, -0.1) is 0 Å². The molecule has 3 aromatic carbocycles. The molecule has 0 aliphatic rings. The average Bonchev–Trinajstić information content (AvgIpc) is 3.16. The molecule has 1 heterocycles. The van der Waals surface area contributed by atoms with Crippen molar-refractivity contribution in [2.24, 2.45) is 0 Å². The van der Waals surface area contributed by atoms with Gasteiger partial charge in [0.2, 0.25) is 0 Å². The zero-order valence-electron chi connectivity index (χ0n) is 17.4. The Morgan fingerprint density at radius 1 is 1.00 bits per heavy atom. The van der Waals surface area contributed by atoms with Gasteiger partial charge in [-0.3, -0.25) is 9.48 Å². The largest absolute Gasteiger partial charge is 0.489 e. The van der Waals surface area contributed by atoms with Crippen molar-refractivity contribution in [1.82, 2.24) is 9.78 Å². The second-order valence-corrected chi connectivity index (χ2v) is 8.13. The second-order valence-electron chi connectivity index (χ2n) is 7.29. The third-order valence-corrected chi connectivity index (χ3v) is 5.48. The summed E-state index contributed by atoms with van der Waals surface area (Å²) >= 11 is 12.4. The molecule has 7 heteroatoms. The second kappa shape index (κ2) is 9.90. The summed E-state index contributed by atoms with van der Waals surface area (Å²) in [5.74, 6) is 0.391. The van der Waals surface area contributed by atoms with E-state index in [1.54, 1.807) is 35.0 Å². The molecule has 0 spiro atoms. The number of nitrogens with one attached hydrogen (secondary N) is 1. The molecule has 0 aliphatic carbocycles. The predicted molar refractivity (Wildman–Crippen MR) is 128 cm³/mol. The highest BCUT2D eigenvalue weighted by Gasteiger charge is 2.15. The summed E-state index contributed by atoms with van der Waals surface area (Å²) in [5.41, 5.74) is 3.62. The normalized spacial score (nSPS) is 10.7. The number of amides is 1. The molecule has 1 aromatic heterocycles. The summed E-state index contributed by atoms with van der Waals surface area (Å²) in [7, 11) is 0. The number of ether oxygens (including phenoxy) is 1. The van der Waals surface area contributed by atoms with E-state index in [0.29, 0.717) is 34.6 Å². The first-order valence-corrected chi connectivity index (χ1v) is 10.8. The number of aryl methyl sites for hydroxylation is 1. The Morgan fingerprint density at radius 3 is 2.53 bits per heavy atom. The number of carbonyl (C=O) groups is 1. The fourth-order valence-corrected chi connectivity index (χ4v) is 3.62. The van der Waals surface area contributed by atoms with E-state index < -0.39 is 0 Å². The van der Waals surface area contributed by atoms with Crippen molar-refractivity contribution >= 4 is 34.8 Å². The number of para-hydroxylation sites is 1. The summed E-state index contributed by atoms with van der Waals surface area (Å²) in [6.07, 6.45) is 0. The maximum absolute atomic E-state index is 12.7. The van der Waals surface area contributed by atoms with E-state index in [0.717, 1.165) is 22.6 Å². The number of nitrogens with zero attached hydrogens (tertiary/aromatic N) is 2. The lowest BCUT2D eigenvalue weighted by molar-refractivity contribution is 0.102. The van der Waals surface area contributed by atoms with Crippen LogP contribution in [0.1, 0.15) is 27.3 Å². The molecule has 0 radical (unpaired) electrons. The topological polar surface area (TPSA) is 56.2 Å². The van der Waals surface area contributed by atoms with E-state index in [4.69, 9.17) is 27.9 Å². The molecule has 1 N–H and O–H groups in total. The van der Waals surface area contributed by atoms with Crippen molar-refractivity contribution in [1.29, 1.82) is 0 Å². The van der Waals surface area contributed by atoms with Gasteiger partial charge in [0.1, 0.15) is 12.4 Å². The molecule has 4 rings (SSSR count). The van der Waals surface area contributed by atoms with Crippen LogP contribution in [-0.4, -0.2) is 15.7 Å². The highest BCUT2D eigenvalue weighted by atomic mass is 35.5. The monoisotopic (exact) mass is 465 g/mol. The van der Waals surface area contributed by atoms with Crippen LogP contribution in [0.5, 0.6) is 5.75 Å². The van der Waals surface area contributed by atoms with Crippen molar-refractivity contribution < 1.29 is 9.53 Å². The van der Waals surface area contributed by atoms with Crippen LogP contribution in [-0.2, 0) is 13.2 Å². The molecule has 0 unspecified atom stereocenters. The Bertz CT molecular complexity index is 1240. The van der Waals surface area contributed by atoms with Gasteiger partial charge in [-0.05, 0) is 48.9 Å². The molecule has 0 bridgehead atoms. The van der Waals surface area contributed by atoms with Gasteiger partial charge in [-0.2, -0.15) is 5.10 Å². The third kappa shape index (κ3) is 5.31. The SMILES string of the molecule is Cc1cc(C(=O)Nc2ccccc2Cl)nn1Cc1cc(Cl)ccc1OCc1ccccc1. The highest BCUT2D eigenvalue weighted by Crippen LogP contribution is 2.26. The smallest absolute Gasteiger partial charge is 0.276 e. The van der Waals surface area contributed by atoms with Gasteiger partial charge in [0.15, 0.2) is 5.69 Å². The molecule has 162 valence electrons. The minimum absolute atomic E-state index is 0.302. The van der Waals surface area contributed by atoms with Crippen LogP contribution in [0.15, 0.2) is 78.9 Å². The molecule has 0 atom stereocenters. The van der Waals surface area contributed by atoms with Gasteiger partial charge >= 0.3 is 0 Å². The average molecular weight is 466 g/mol. The number of benzene rings is 3. The lowest BCUT2D eigenvalue weighted by atomic mass is 10.2. The Kier molecular flexibility index (Phi) is 6.78. The van der Waals surface area contributed by atoms with Gasteiger partial charge in [0.05, 0.1) is 17.3 Å². The first kappa shape index (κ1) is 21.9.